The Morgan fingerprint density at radius 1 is 0.786 bits per heavy atom. The highest BCUT2D eigenvalue weighted by Crippen LogP contribution is 2.14. The summed E-state index contributed by atoms with van der Waals surface area (Å²) in [5, 5.41) is 11.0. The number of hydroxylamine groups is 2. The summed E-state index contributed by atoms with van der Waals surface area (Å²) in [6, 6.07) is 25.6. The lowest BCUT2D eigenvalue weighted by molar-refractivity contribution is -0.165. The number of hydrogen-bond acceptors (Lipinski definition) is 4. The SMILES string of the molecule is O=C(OCc1ccccc1)[C@H](Cc1ccccc1)N(O)C(=O)c1ccccc1. The van der Waals surface area contributed by atoms with Gasteiger partial charge in [-0.2, -0.15) is 0 Å². The van der Waals surface area contributed by atoms with E-state index in [1.807, 2.05) is 60.7 Å². The molecule has 0 aliphatic rings. The molecule has 0 radical (unpaired) electrons. The van der Waals surface area contributed by atoms with Crippen LogP contribution in [0.5, 0.6) is 0 Å². The van der Waals surface area contributed by atoms with Gasteiger partial charge in [-0.1, -0.05) is 78.9 Å². The summed E-state index contributed by atoms with van der Waals surface area (Å²) in [5.74, 6) is -1.32. The minimum absolute atomic E-state index is 0.0678. The van der Waals surface area contributed by atoms with E-state index in [2.05, 4.69) is 0 Å². The first-order valence-corrected chi connectivity index (χ1v) is 8.97. The quantitative estimate of drug-likeness (QED) is 0.387. The van der Waals surface area contributed by atoms with Crippen LogP contribution in [0, 0.1) is 0 Å². The van der Waals surface area contributed by atoms with Gasteiger partial charge in [-0.25, -0.2) is 9.86 Å². The Morgan fingerprint density at radius 3 is 1.86 bits per heavy atom. The summed E-state index contributed by atoms with van der Waals surface area (Å²) in [4.78, 5) is 25.3. The second-order valence-corrected chi connectivity index (χ2v) is 6.31. The summed E-state index contributed by atoms with van der Waals surface area (Å²) < 4.78 is 5.38. The number of amides is 1. The Bertz CT molecular complexity index is 898. The third-order valence-electron chi connectivity index (χ3n) is 4.29. The minimum atomic E-state index is -1.15. The molecule has 0 aliphatic heterocycles. The molecule has 5 nitrogen and oxygen atoms in total. The van der Waals surface area contributed by atoms with Crippen molar-refractivity contribution in [3.05, 3.63) is 108 Å². The number of hydrogen-bond donors (Lipinski definition) is 1. The van der Waals surface area contributed by atoms with Crippen LogP contribution in [0.4, 0.5) is 0 Å². The fourth-order valence-corrected chi connectivity index (χ4v) is 2.79. The standard InChI is InChI=1S/C23H21NO4/c25-22(20-14-8-3-9-15-20)24(27)21(16-18-10-4-1-5-11-18)23(26)28-17-19-12-6-2-7-13-19/h1-15,21,27H,16-17H2/t21-/m0/s1. The first-order valence-electron chi connectivity index (χ1n) is 8.97. The monoisotopic (exact) mass is 375 g/mol. The van der Waals surface area contributed by atoms with Gasteiger partial charge in [-0.3, -0.25) is 10.0 Å². The maximum atomic E-state index is 12.7. The molecule has 0 aromatic heterocycles. The van der Waals surface area contributed by atoms with Crippen LogP contribution in [0.15, 0.2) is 91.0 Å². The second-order valence-electron chi connectivity index (χ2n) is 6.31. The Labute approximate surface area is 163 Å². The van der Waals surface area contributed by atoms with Gasteiger partial charge in [0.2, 0.25) is 0 Å². The molecule has 3 aromatic carbocycles. The first kappa shape index (κ1) is 19.3. The van der Waals surface area contributed by atoms with E-state index in [1.165, 1.54) is 0 Å². The van der Waals surface area contributed by atoms with E-state index in [-0.39, 0.29) is 13.0 Å². The van der Waals surface area contributed by atoms with Gasteiger partial charge in [0.25, 0.3) is 5.91 Å². The highest BCUT2D eigenvalue weighted by atomic mass is 16.6. The van der Waals surface area contributed by atoms with Crippen molar-refractivity contribution in [3.8, 4) is 0 Å². The van der Waals surface area contributed by atoms with E-state index in [9.17, 15) is 14.8 Å². The second kappa shape index (κ2) is 9.48. The predicted octanol–water partition coefficient (Wildman–Crippen LogP) is 3.87. The molecular weight excluding hydrogens is 354 g/mol. The van der Waals surface area contributed by atoms with E-state index in [4.69, 9.17) is 4.74 Å². The first-order chi connectivity index (χ1) is 13.6. The molecule has 142 valence electrons. The van der Waals surface area contributed by atoms with Crippen molar-refractivity contribution in [3.63, 3.8) is 0 Å². The Morgan fingerprint density at radius 2 is 1.29 bits per heavy atom. The van der Waals surface area contributed by atoms with E-state index >= 15 is 0 Å². The maximum absolute atomic E-state index is 12.7. The van der Waals surface area contributed by atoms with Gasteiger partial charge in [0, 0.05) is 12.0 Å². The number of benzene rings is 3. The van der Waals surface area contributed by atoms with Crippen molar-refractivity contribution >= 4 is 11.9 Å². The topological polar surface area (TPSA) is 66.8 Å². The molecule has 5 heteroatoms. The van der Waals surface area contributed by atoms with Crippen molar-refractivity contribution in [2.75, 3.05) is 0 Å². The van der Waals surface area contributed by atoms with Crippen LogP contribution in [-0.2, 0) is 22.6 Å². The number of nitrogens with zero attached hydrogens (tertiary/aromatic N) is 1. The van der Waals surface area contributed by atoms with Gasteiger partial charge in [-0.15, -0.1) is 0 Å². The van der Waals surface area contributed by atoms with Crippen LogP contribution < -0.4 is 0 Å². The zero-order valence-electron chi connectivity index (χ0n) is 15.3. The minimum Gasteiger partial charge on any atom is -0.459 e. The van der Waals surface area contributed by atoms with Crippen LogP contribution in [0.3, 0.4) is 0 Å². The summed E-state index contributed by atoms with van der Waals surface area (Å²) in [6.45, 7) is 0.0678. The predicted molar refractivity (Wildman–Crippen MR) is 105 cm³/mol. The molecule has 1 atom stereocenters. The van der Waals surface area contributed by atoms with Crippen molar-refractivity contribution in [1.82, 2.24) is 5.06 Å². The van der Waals surface area contributed by atoms with Crippen LogP contribution in [0.2, 0.25) is 0 Å². The molecule has 0 fully saturated rings. The highest BCUT2D eigenvalue weighted by molar-refractivity contribution is 5.96. The van der Waals surface area contributed by atoms with Gasteiger partial charge in [-0.05, 0) is 23.3 Å². The molecule has 0 spiro atoms. The number of carbonyl (C=O) groups excluding carboxylic acids is 2. The average molecular weight is 375 g/mol. The molecule has 1 N–H and O–H groups in total. The van der Waals surface area contributed by atoms with Crippen LogP contribution >= 0.6 is 0 Å². The smallest absolute Gasteiger partial charge is 0.332 e. The largest absolute Gasteiger partial charge is 0.459 e. The maximum Gasteiger partial charge on any atom is 0.332 e. The van der Waals surface area contributed by atoms with Crippen LogP contribution in [0.25, 0.3) is 0 Å². The van der Waals surface area contributed by atoms with E-state index in [0.717, 1.165) is 11.1 Å². The summed E-state index contributed by atoms with van der Waals surface area (Å²) in [7, 11) is 0. The van der Waals surface area contributed by atoms with E-state index in [0.29, 0.717) is 10.6 Å². The third kappa shape index (κ3) is 5.05. The normalized spacial score (nSPS) is 11.5. The fourth-order valence-electron chi connectivity index (χ4n) is 2.79. The van der Waals surface area contributed by atoms with Crippen LogP contribution in [-0.4, -0.2) is 28.2 Å². The highest BCUT2D eigenvalue weighted by Gasteiger charge is 2.31. The Kier molecular flexibility index (Phi) is 6.54. The third-order valence-corrected chi connectivity index (χ3v) is 4.29. The number of rotatable bonds is 7. The van der Waals surface area contributed by atoms with E-state index in [1.54, 1.807) is 30.3 Å². The molecule has 0 heterocycles. The average Bonchev–Trinajstić information content (AvgIpc) is 2.77. The summed E-state index contributed by atoms with van der Waals surface area (Å²) in [5.41, 5.74) is 1.93. The molecule has 0 unspecified atom stereocenters. The Hall–Kier alpha value is -3.44. The lowest BCUT2D eigenvalue weighted by Crippen LogP contribution is -2.45. The fraction of sp³-hybridized carbons (Fsp3) is 0.130. The molecular formula is C23H21NO4. The van der Waals surface area contributed by atoms with Crippen LogP contribution in [0.1, 0.15) is 21.5 Å². The van der Waals surface area contributed by atoms with Gasteiger partial charge < -0.3 is 4.74 Å². The molecule has 0 aliphatic carbocycles. The lowest BCUT2D eigenvalue weighted by Gasteiger charge is -2.24. The van der Waals surface area contributed by atoms with Gasteiger partial charge in [0.05, 0.1) is 0 Å². The molecule has 0 saturated heterocycles. The lowest BCUT2D eigenvalue weighted by atomic mass is 10.0. The van der Waals surface area contributed by atoms with E-state index < -0.39 is 17.9 Å². The van der Waals surface area contributed by atoms with Gasteiger partial charge in [0.15, 0.2) is 6.04 Å². The molecule has 1 amide bonds. The molecule has 0 bridgehead atoms. The van der Waals surface area contributed by atoms with Gasteiger partial charge >= 0.3 is 5.97 Å². The molecule has 3 aromatic rings. The molecule has 0 saturated carbocycles. The summed E-state index contributed by atoms with van der Waals surface area (Å²) in [6.07, 6.45) is 0.142. The molecule has 28 heavy (non-hydrogen) atoms. The number of carbonyl (C=O) groups is 2. The molecule has 3 rings (SSSR count). The van der Waals surface area contributed by atoms with Crippen molar-refractivity contribution in [1.29, 1.82) is 0 Å². The van der Waals surface area contributed by atoms with Gasteiger partial charge in [0.1, 0.15) is 6.61 Å². The zero-order valence-corrected chi connectivity index (χ0v) is 15.3. The van der Waals surface area contributed by atoms with Crippen molar-refractivity contribution in [2.45, 2.75) is 19.1 Å². The summed E-state index contributed by atoms with van der Waals surface area (Å²) >= 11 is 0. The van der Waals surface area contributed by atoms with Crippen molar-refractivity contribution in [2.24, 2.45) is 0 Å². The zero-order chi connectivity index (χ0) is 19.8. The number of ether oxygens (including phenoxy) is 1. The Balaban J connectivity index is 1.77. The van der Waals surface area contributed by atoms with Crippen molar-refractivity contribution < 1.29 is 19.5 Å². The number of esters is 1.